The quantitative estimate of drug-likeness (QED) is 0.838. The summed E-state index contributed by atoms with van der Waals surface area (Å²) in [6, 6.07) is 9.78. The van der Waals surface area contributed by atoms with Gasteiger partial charge in [-0.2, -0.15) is 13.2 Å². The number of piperazine rings is 1. The second-order valence-electron chi connectivity index (χ2n) is 5.94. The molecule has 2 rings (SSSR count). The van der Waals surface area contributed by atoms with Gasteiger partial charge in [-0.15, -0.1) is 0 Å². The fourth-order valence-corrected chi connectivity index (χ4v) is 2.64. The predicted octanol–water partition coefficient (Wildman–Crippen LogP) is 2.67. The number of rotatable bonds is 2. The van der Waals surface area contributed by atoms with Gasteiger partial charge in [0.25, 0.3) is 0 Å². The molecule has 0 N–H and O–H groups in total. The van der Waals surface area contributed by atoms with Crippen molar-refractivity contribution in [2.24, 2.45) is 0 Å². The summed E-state index contributed by atoms with van der Waals surface area (Å²) >= 11 is 0. The Morgan fingerprint density at radius 1 is 1.19 bits per heavy atom. The van der Waals surface area contributed by atoms with Gasteiger partial charge >= 0.3 is 12.1 Å². The highest BCUT2D eigenvalue weighted by molar-refractivity contribution is 5.82. The van der Waals surface area contributed by atoms with Crippen LogP contribution in [0.5, 0.6) is 0 Å². The molecule has 3 nitrogen and oxygen atoms in total. The van der Waals surface area contributed by atoms with Crippen LogP contribution in [0.15, 0.2) is 30.3 Å². The van der Waals surface area contributed by atoms with Crippen LogP contribution in [0.1, 0.15) is 19.4 Å². The highest BCUT2D eigenvalue weighted by Gasteiger charge is 2.46. The average molecular weight is 300 g/mol. The van der Waals surface area contributed by atoms with Gasteiger partial charge in [-0.25, -0.2) is 0 Å². The fraction of sp³-hybridized carbons (Fsp3) is 0.533. The van der Waals surface area contributed by atoms with Gasteiger partial charge in [0.15, 0.2) is 0 Å². The molecule has 0 unspecified atom stereocenters. The van der Waals surface area contributed by atoms with Crippen LogP contribution in [0.4, 0.5) is 13.2 Å². The number of nitrogens with zero attached hydrogens (tertiary/aromatic N) is 2. The minimum Gasteiger partial charge on any atom is -0.332 e. The molecule has 0 saturated carbocycles. The van der Waals surface area contributed by atoms with Crippen LogP contribution >= 0.6 is 0 Å². The van der Waals surface area contributed by atoms with E-state index in [1.54, 1.807) is 0 Å². The number of alkyl halides is 3. The highest BCUT2D eigenvalue weighted by Crippen LogP contribution is 2.27. The monoisotopic (exact) mass is 300 g/mol. The summed E-state index contributed by atoms with van der Waals surface area (Å²) < 4.78 is 37.6. The molecule has 0 spiro atoms. The molecular formula is C15H19F3N2O. The van der Waals surface area contributed by atoms with Crippen molar-refractivity contribution in [2.45, 2.75) is 32.1 Å². The van der Waals surface area contributed by atoms with Gasteiger partial charge in [-0.1, -0.05) is 30.3 Å². The lowest BCUT2D eigenvalue weighted by Crippen LogP contribution is -2.61. The third-order valence-electron chi connectivity index (χ3n) is 3.82. The molecule has 0 radical (unpaired) electrons. The van der Waals surface area contributed by atoms with Crippen molar-refractivity contribution in [3.8, 4) is 0 Å². The van der Waals surface area contributed by atoms with E-state index in [9.17, 15) is 18.0 Å². The molecule has 1 aliphatic heterocycles. The summed E-state index contributed by atoms with van der Waals surface area (Å²) in [4.78, 5) is 14.4. The first-order chi connectivity index (χ1) is 9.70. The average Bonchev–Trinajstić information content (AvgIpc) is 2.40. The lowest BCUT2D eigenvalue weighted by molar-refractivity contribution is -0.189. The summed E-state index contributed by atoms with van der Waals surface area (Å²) in [7, 11) is 0. The van der Waals surface area contributed by atoms with Gasteiger partial charge in [0, 0.05) is 31.7 Å². The Labute approximate surface area is 122 Å². The van der Waals surface area contributed by atoms with E-state index < -0.39 is 17.6 Å². The SMILES string of the molecule is CC1(C)CN(C(=O)C(F)(F)F)CCN1Cc1ccccc1. The van der Waals surface area contributed by atoms with Gasteiger partial charge in [-0.3, -0.25) is 9.69 Å². The van der Waals surface area contributed by atoms with Crippen molar-refractivity contribution in [1.29, 1.82) is 0 Å². The molecule has 1 heterocycles. The molecule has 0 atom stereocenters. The largest absolute Gasteiger partial charge is 0.471 e. The molecule has 0 bridgehead atoms. The Kier molecular flexibility index (Phi) is 4.27. The standard InChI is InChI=1S/C15H19F3N2O/c1-14(2)11-19(13(21)15(16,17)18)8-9-20(14)10-12-6-4-3-5-7-12/h3-7H,8-11H2,1-2H3. The first-order valence-corrected chi connectivity index (χ1v) is 6.85. The maximum atomic E-state index is 12.5. The van der Waals surface area contributed by atoms with E-state index in [2.05, 4.69) is 4.90 Å². The minimum atomic E-state index is -4.79. The number of amides is 1. The molecule has 21 heavy (non-hydrogen) atoms. The van der Waals surface area contributed by atoms with Crippen molar-refractivity contribution in [3.05, 3.63) is 35.9 Å². The normalized spacial score (nSPS) is 19.6. The topological polar surface area (TPSA) is 23.6 Å². The zero-order valence-electron chi connectivity index (χ0n) is 12.2. The third kappa shape index (κ3) is 3.75. The highest BCUT2D eigenvalue weighted by atomic mass is 19.4. The van der Waals surface area contributed by atoms with E-state index in [1.165, 1.54) is 0 Å². The Morgan fingerprint density at radius 3 is 2.33 bits per heavy atom. The van der Waals surface area contributed by atoms with Gasteiger partial charge < -0.3 is 4.90 Å². The molecule has 1 aromatic carbocycles. The fourth-order valence-electron chi connectivity index (χ4n) is 2.64. The van der Waals surface area contributed by atoms with Gasteiger partial charge in [-0.05, 0) is 19.4 Å². The molecule has 0 aliphatic carbocycles. The molecule has 1 amide bonds. The molecule has 1 aromatic rings. The Balaban J connectivity index is 2.05. The van der Waals surface area contributed by atoms with Crippen LogP contribution in [-0.4, -0.2) is 47.1 Å². The smallest absolute Gasteiger partial charge is 0.332 e. The maximum Gasteiger partial charge on any atom is 0.471 e. The van der Waals surface area contributed by atoms with Crippen LogP contribution in [-0.2, 0) is 11.3 Å². The molecule has 1 saturated heterocycles. The van der Waals surface area contributed by atoms with E-state index in [-0.39, 0.29) is 13.1 Å². The van der Waals surface area contributed by atoms with E-state index in [0.29, 0.717) is 13.1 Å². The van der Waals surface area contributed by atoms with Gasteiger partial charge in [0.05, 0.1) is 0 Å². The Hall–Kier alpha value is -1.56. The van der Waals surface area contributed by atoms with Crippen molar-refractivity contribution in [3.63, 3.8) is 0 Å². The predicted molar refractivity (Wildman–Crippen MR) is 73.6 cm³/mol. The number of hydrogen-bond donors (Lipinski definition) is 0. The summed E-state index contributed by atoms with van der Waals surface area (Å²) in [5, 5.41) is 0. The second-order valence-corrected chi connectivity index (χ2v) is 5.94. The van der Waals surface area contributed by atoms with Crippen LogP contribution in [0.3, 0.4) is 0 Å². The second kappa shape index (κ2) is 5.67. The van der Waals surface area contributed by atoms with Gasteiger partial charge in [0.2, 0.25) is 0 Å². The summed E-state index contributed by atoms with van der Waals surface area (Å²) in [6.07, 6.45) is -4.79. The number of carbonyl (C=O) groups excluding carboxylic acids is 1. The van der Waals surface area contributed by atoms with E-state index in [0.717, 1.165) is 10.5 Å². The molecule has 1 aliphatic rings. The molecule has 6 heteroatoms. The first kappa shape index (κ1) is 15.8. The zero-order valence-corrected chi connectivity index (χ0v) is 12.2. The van der Waals surface area contributed by atoms with Gasteiger partial charge in [0.1, 0.15) is 0 Å². The molecule has 0 aromatic heterocycles. The van der Waals surface area contributed by atoms with E-state index in [4.69, 9.17) is 0 Å². The van der Waals surface area contributed by atoms with Crippen molar-refractivity contribution in [1.82, 2.24) is 9.80 Å². The number of carbonyl (C=O) groups is 1. The van der Waals surface area contributed by atoms with E-state index >= 15 is 0 Å². The molecule has 1 fully saturated rings. The lowest BCUT2D eigenvalue weighted by Gasteiger charge is -2.47. The summed E-state index contributed by atoms with van der Waals surface area (Å²) in [5.74, 6) is -1.74. The van der Waals surface area contributed by atoms with Crippen molar-refractivity contribution < 1.29 is 18.0 Å². The Morgan fingerprint density at radius 2 is 1.81 bits per heavy atom. The number of hydrogen-bond acceptors (Lipinski definition) is 2. The maximum absolute atomic E-state index is 12.5. The number of benzene rings is 1. The minimum absolute atomic E-state index is 0.0815. The molecular weight excluding hydrogens is 281 g/mol. The summed E-state index contributed by atoms with van der Waals surface area (Å²) in [5.41, 5.74) is 0.621. The summed E-state index contributed by atoms with van der Waals surface area (Å²) in [6.45, 7) is 5.02. The van der Waals surface area contributed by atoms with E-state index in [1.807, 2.05) is 44.2 Å². The first-order valence-electron chi connectivity index (χ1n) is 6.85. The number of halogens is 3. The van der Waals surface area contributed by atoms with Crippen molar-refractivity contribution in [2.75, 3.05) is 19.6 Å². The lowest BCUT2D eigenvalue weighted by atomic mass is 9.97. The zero-order chi connectivity index (χ0) is 15.7. The van der Waals surface area contributed by atoms with Crippen LogP contribution in [0.25, 0.3) is 0 Å². The van der Waals surface area contributed by atoms with Crippen LogP contribution < -0.4 is 0 Å². The van der Waals surface area contributed by atoms with Crippen LogP contribution in [0.2, 0.25) is 0 Å². The van der Waals surface area contributed by atoms with Crippen LogP contribution in [0, 0.1) is 0 Å². The molecule has 116 valence electrons. The van der Waals surface area contributed by atoms with Crippen molar-refractivity contribution >= 4 is 5.91 Å². The Bertz CT molecular complexity index is 499. The third-order valence-corrected chi connectivity index (χ3v) is 3.82.